The van der Waals surface area contributed by atoms with E-state index in [0.29, 0.717) is 28.8 Å². The monoisotopic (exact) mass is 254 g/mol. The summed E-state index contributed by atoms with van der Waals surface area (Å²) in [7, 11) is 3.13. The van der Waals surface area contributed by atoms with Crippen LogP contribution in [-0.4, -0.2) is 24.4 Å². The first-order valence-corrected chi connectivity index (χ1v) is 5.43. The lowest BCUT2D eigenvalue weighted by atomic mass is 10.1. The van der Waals surface area contributed by atoms with E-state index in [2.05, 4.69) is 10.1 Å². The third kappa shape index (κ3) is 2.19. The molecule has 2 rings (SSSR count). The minimum atomic E-state index is 0.195. The number of alkyl halides is 1. The van der Waals surface area contributed by atoms with Gasteiger partial charge in [0.25, 0.3) is 5.89 Å². The molecule has 0 amide bonds. The predicted octanol–water partition coefficient (Wildman–Crippen LogP) is 2.49. The first-order chi connectivity index (χ1) is 8.30. The minimum Gasteiger partial charge on any atom is -0.496 e. The van der Waals surface area contributed by atoms with Crippen molar-refractivity contribution in [2.45, 2.75) is 5.88 Å². The topological polar surface area (TPSA) is 57.4 Å². The molecule has 0 bridgehead atoms. The van der Waals surface area contributed by atoms with Gasteiger partial charge in [0.05, 0.1) is 20.1 Å². The third-order valence-electron chi connectivity index (χ3n) is 2.23. The van der Waals surface area contributed by atoms with Gasteiger partial charge in [-0.1, -0.05) is 11.2 Å². The maximum Gasteiger partial charge on any atom is 0.265 e. The van der Waals surface area contributed by atoms with Gasteiger partial charge in [-0.2, -0.15) is 4.98 Å². The Labute approximate surface area is 103 Å². The summed E-state index contributed by atoms with van der Waals surface area (Å²) in [6.45, 7) is 0. The van der Waals surface area contributed by atoms with Gasteiger partial charge >= 0.3 is 0 Å². The smallest absolute Gasteiger partial charge is 0.265 e. The van der Waals surface area contributed by atoms with Crippen LogP contribution < -0.4 is 9.47 Å². The van der Waals surface area contributed by atoms with Gasteiger partial charge in [-0.15, -0.1) is 11.6 Å². The van der Waals surface area contributed by atoms with Crippen LogP contribution in [0.4, 0.5) is 0 Å². The van der Waals surface area contributed by atoms with Crippen molar-refractivity contribution in [2.75, 3.05) is 14.2 Å². The summed E-state index contributed by atoms with van der Waals surface area (Å²) >= 11 is 5.63. The number of methoxy groups -OCH3 is 2. The molecule has 0 N–H and O–H groups in total. The SMILES string of the molecule is COc1cccc(OC)c1-c1nc(CCl)no1. The molecule has 90 valence electrons. The zero-order valence-electron chi connectivity index (χ0n) is 9.44. The van der Waals surface area contributed by atoms with Crippen LogP contribution >= 0.6 is 11.6 Å². The predicted molar refractivity (Wildman–Crippen MR) is 62.4 cm³/mol. The zero-order chi connectivity index (χ0) is 12.3. The summed E-state index contributed by atoms with van der Waals surface area (Å²) in [5.41, 5.74) is 0.626. The third-order valence-corrected chi connectivity index (χ3v) is 2.47. The molecular weight excluding hydrogens is 244 g/mol. The van der Waals surface area contributed by atoms with Crippen molar-refractivity contribution in [3.63, 3.8) is 0 Å². The number of nitrogens with zero attached hydrogens (tertiary/aromatic N) is 2. The van der Waals surface area contributed by atoms with Crippen LogP contribution in [0.25, 0.3) is 11.5 Å². The van der Waals surface area contributed by atoms with Crippen molar-refractivity contribution in [1.82, 2.24) is 10.1 Å². The van der Waals surface area contributed by atoms with Gasteiger partial charge in [-0.05, 0) is 12.1 Å². The van der Waals surface area contributed by atoms with Crippen molar-refractivity contribution >= 4 is 11.6 Å². The molecule has 2 aromatic rings. The molecule has 1 aromatic carbocycles. The molecule has 1 aromatic heterocycles. The van der Waals surface area contributed by atoms with Gasteiger partial charge < -0.3 is 14.0 Å². The van der Waals surface area contributed by atoms with Gasteiger partial charge in [0.1, 0.15) is 17.1 Å². The average Bonchev–Trinajstić information content (AvgIpc) is 2.86. The molecule has 5 nitrogen and oxygen atoms in total. The van der Waals surface area contributed by atoms with Crippen molar-refractivity contribution in [1.29, 1.82) is 0 Å². The quantitative estimate of drug-likeness (QED) is 0.785. The second-order valence-corrected chi connectivity index (χ2v) is 3.45. The van der Waals surface area contributed by atoms with Gasteiger partial charge in [0, 0.05) is 0 Å². The van der Waals surface area contributed by atoms with E-state index >= 15 is 0 Å². The normalized spacial score (nSPS) is 10.3. The Hall–Kier alpha value is -1.75. The van der Waals surface area contributed by atoms with Crippen molar-refractivity contribution in [2.24, 2.45) is 0 Å². The Bertz CT molecular complexity index is 491. The van der Waals surface area contributed by atoms with E-state index < -0.39 is 0 Å². The van der Waals surface area contributed by atoms with Gasteiger partial charge in [0.15, 0.2) is 5.82 Å². The second-order valence-electron chi connectivity index (χ2n) is 3.19. The summed E-state index contributed by atoms with van der Waals surface area (Å²) in [6, 6.07) is 5.41. The number of ether oxygens (including phenoxy) is 2. The maximum absolute atomic E-state index is 5.63. The lowest BCUT2D eigenvalue weighted by molar-refractivity contribution is 0.385. The van der Waals surface area contributed by atoms with Crippen molar-refractivity contribution in [3.05, 3.63) is 24.0 Å². The first kappa shape index (κ1) is 11.7. The molecule has 0 aliphatic heterocycles. The van der Waals surface area contributed by atoms with Crippen molar-refractivity contribution < 1.29 is 14.0 Å². The summed E-state index contributed by atoms with van der Waals surface area (Å²) in [6.07, 6.45) is 0. The molecule has 17 heavy (non-hydrogen) atoms. The molecule has 6 heteroatoms. The number of halogens is 1. The van der Waals surface area contributed by atoms with Crippen LogP contribution in [0.15, 0.2) is 22.7 Å². The molecule has 0 saturated carbocycles. The van der Waals surface area contributed by atoms with E-state index in [1.165, 1.54) is 0 Å². The summed E-state index contributed by atoms with van der Waals surface area (Å²) in [5, 5.41) is 3.73. The highest BCUT2D eigenvalue weighted by Gasteiger charge is 2.18. The molecule has 0 aliphatic carbocycles. The Morgan fingerprint density at radius 1 is 1.24 bits per heavy atom. The molecule has 0 fully saturated rings. The number of hydrogen-bond acceptors (Lipinski definition) is 5. The van der Waals surface area contributed by atoms with Crippen LogP contribution in [0, 0.1) is 0 Å². The Kier molecular flexibility index (Phi) is 3.49. The second kappa shape index (κ2) is 5.05. The lowest BCUT2D eigenvalue weighted by Crippen LogP contribution is -1.93. The van der Waals surface area contributed by atoms with Gasteiger partial charge in [-0.3, -0.25) is 0 Å². The zero-order valence-corrected chi connectivity index (χ0v) is 10.2. The van der Waals surface area contributed by atoms with Gasteiger partial charge in [0.2, 0.25) is 0 Å². The fraction of sp³-hybridized carbons (Fsp3) is 0.273. The highest BCUT2D eigenvalue weighted by atomic mass is 35.5. The maximum atomic E-state index is 5.63. The molecule has 0 aliphatic rings. The number of aromatic nitrogens is 2. The number of benzene rings is 1. The molecule has 0 saturated heterocycles. The van der Waals surface area contributed by atoms with Crippen LogP contribution in [0.5, 0.6) is 11.5 Å². The fourth-order valence-electron chi connectivity index (χ4n) is 1.47. The standard InChI is InChI=1S/C11H11ClN2O3/c1-15-7-4-3-5-8(16-2)10(7)11-13-9(6-12)14-17-11/h3-5H,6H2,1-2H3. The van der Waals surface area contributed by atoms with E-state index in [0.717, 1.165) is 0 Å². The van der Waals surface area contributed by atoms with Gasteiger partial charge in [-0.25, -0.2) is 0 Å². The highest BCUT2D eigenvalue weighted by molar-refractivity contribution is 6.16. The Morgan fingerprint density at radius 3 is 2.35 bits per heavy atom. The highest BCUT2D eigenvalue weighted by Crippen LogP contribution is 2.37. The number of rotatable bonds is 4. The summed E-state index contributed by atoms with van der Waals surface area (Å²) < 4.78 is 15.6. The lowest BCUT2D eigenvalue weighted by Gasteiger charge is -2.09. The Morgan fingerprint density at radius 2 is 1.88 bits per heavy atom. The summed E-state index contributed by atoms with van der Waals surface area (Å²) in [4.78, 5) is 4.15. The van der Waals surface area contributed by atoms with E-state index in [1.807, 2.05) is 6.07 Å². The Balaban J connectivity index is 2.55. The first-order valence-electron chi connectivity index (χ1n) is 4.90. The molecule has 0 spiro atoms. The molecular formula is C11H11ClN2O3. The molecule has 0 atom stereocenters. The largest absolute Gasteiger partial charge is 0.496 e. The van der Waals surface area contributed by atoms with Crippen molar-refractivity contribution in [3.8, 4) is 23.0 Å². The molecule has 0 radical (unpaired) electrons. The molecule has 0 unspecified atom stereocenters. The minimum absolute atomic E-state index is 0.195. The summed E-state index contributed by atoms with van der Waals surface area (Å²) in [5.74, 6) is 2.16. The van der Waals surface area contributed by atoms with Crippen LogP contribution in [-0.2, 0) is 5.88 Å². The van der Waals surface area contributed by atoms with E-state index in [-0.39, 0.29) is 5.88 Å². The molecule has 1 heterocycles. The van der Waals surface area contributed by atoms with E-state index in [4.69, 9.17) is 25.6 Å². The van der Waals surface area contributed by atoms with Crippen LogP contribution in [0.3, 0.4) is 0 Å². The number of hydrogen-bond donors (Lipinski definition) is 0. The fourth-order valence-corrected chi connectivity index (χ4v) is 1.58. The van der Waals surface area contributed by atoms with E-state index in [1.54, 1.807) is 26.4 Å². The average molecular weight is 255 g/mol. The van der Waals surface area contributed by atoms with E-state index in [9.17, 15) is 0 Å². The van der Waals surface area contributed by atoms with Crippen LogP contribution in [0.1, 0.15) is 5.82 Å². The van der Waals surface area contributed by atoms with Crippen LogP contribution in [0.2, 0.25) is 0 Å².